The van der Waals surface area contributed by atoms with Gasteiger partial charge in [-0.3, -0.25) is 0 Å². The summed E-state index contributed by atoms with van der Waals surface area (Å²) in [5.74, 6) is 0.800. The third-order valence-corrected chi connectivity index (χ3v) is 3.00. The number of pyridine rings is 1. The molecule has 1 N–H and O–H groups in total. The average molecular weight is 220 g/mol. The number of ether oxygens (including phenoxy) is 1. The minimum Gasteiger partial charge on any atom is -0.474 e. The molecule has 0 spiro atoms. The zero-order chi connectivity index (χ0) is 11.4. The van der Waals surface area contributed by atoms with Crippen molar-refractivity contribution in [3.05, 3.63) is 23.4 Å². The summed E-state index contributed by atoms with van der Waals surface area (Å²) >= 11 is 0. The Kier molecular flexibility index (Phi) is 3.78. The summed E-state index contributed by atoms with van der Waals surface area (Å²) in [7, 11) is 1.96. The maximum absolute atomic E-state index is 5.84. The van der Waals surface area contributed by atoms with Crippen LogP contribution in [0.4, 0.5) is 0 Å². The third-order valence-electron chi connectivity index (χ3n) is 3.00. The van der Waals surface area contributed by atoms with Crippen LogP contribution in [0.3, 0.4) is 0 Å². The van der Waals surface area contributed by atoms with Crippen LogP contribution < -0.4 is 10.1 Å². The van der Waals surface area contributed by atoms with Crippen LogP contribution >= 0.6 is 0 Å². The normalized spacial score (nSPS) is 15.9. The minimum atomic E-state index is 0.405. The number of nitrogens with zero attached hydrogens (tertiary/aromatic N) is 1. The van der Waals surface area contributed by atoms with E-state index in [0.717, 1.165) is 24.5 Å². The summed E-state index contributed by atoms with van der Waals surface area (Å²) in [6.07, 6.45) is 5.01. The zero-order valence-electron chi connectivity index (χ0n) is 10.1. The lowest BCUT2D eigenvalue weighted by atomic mass is 9.96. The summed E-state index contributed by atoms with van der Waals surface area (Å²) in [6, 6.07) is 4.19. The highest BCUT2D eigenvalue weighted by atomic mass is 16.5. The van der Waals surface area contributed by atoms with Crippen molar-refractivity contribution in [3.8, 4) is 5.88 Å². The largest absolute Gasteiger partial charge is 0.474 e. The Morgan fingerprint density at radius 2 is 2.25 bits per heavy atom. The fraction of sp³-hybridized carbons (Fsp3) is 0.615. The number of hydrogen-bond acceptors (Lipinski definition) is 3. The van der Waals surface area contributed by atoms with Crippen LogP contribution in [0.15, 0.2) is 12.1 Å². The topological polar surface area (TPSA) is 34.1 Å². The van der Waals surface area contributed by atoms with E-state index in [9.17, 15) is 0 Å². The second kappa shape index (κ2) is 5.30. The molecule has 1 aliphatic rings. The summed E-state index contributed by atoms with van der Waals surface area (Å²) in [4.78, 5) is 4.51. The standard InChI is InChI=1S/C13H20N2O/c1-3-11-7-10(9-14-2)8-13(15-11)16-12-5-4-6-12/h7-8,12,14H,3-6,9H2,1-2H3. The van der Waals surface area contributed by atoms with Crippen molar-refractivity contribution >= 4 is 0 Å². The first-order valence-electron chi connectivity index (χ1n) is 6.13. The Morgan fingerprint density at radius 3 is 2.81 bits per heavy atom. The van der Waals surface area contributed by atoms with Crippen molar-refractivity contribution in [2.45, 2.75) is 45.3 Å². The molecule has 3 heteroatoms. The van der Waals surface area contributed by atoms with Crippen LogP contribution in [0, 0.1) is 0 Å². The molecule has 88 valence electrons. The van der Waals surface area contributed by atoms with Gasteiger partial charge in [0, 0.05) is 18.3 Å². The molecule has 0 bridgehead atoms. The third kappa shape index (κ3) is 2.73. The first-order valence-corrected chi connectivity index (χ1v) is 6.13. The van der Waals surface area contributed by atoms with Gasteiger partial charge in [-0.15, -0.1) is 0 Å². The maximum Gasteiger partial charge on any atom is 0.214 e. The Hall–Kier alpha value is -1.09. The molecule has 1 fully saturated rings. The SMILES string of the molecule is CCc1cc(CNC)cc(OC2CCC2)n1. The van der Waals surface area contributed by atoms with Crippen molar-refractivity contribution in [2.75, 3.05) is 7.05 Å². The van der Waals surface area contributed by atoms with Gasteiger partial charge in [-0.2, -0.15) is 0 Å². The summed E-state index contributed by atoms with van der Waals surface area (Å²) in [5, 5.41) is 3.16. The lowest BCUT2D eigenvalue weighted by molar-refractivity contribution is 0.114. The molecule has 3 nitrogen and oxygen atoms in total. The second-order valence-electron chi connectivity index (χ2n) is 4.36. The molecule has 0 saturated heterocycles. The maximum atomic E-state index is 5.84. The molecular formula is C13H20N2O. The fourth-order valence-electron chi connectivity index (χ4n) is 1.83. The number of nitrogens with one attached hydrogen (secondary N) is 1. The predicted molar refractivity (Wildman–Crippen MR) is 64.6 cm³/mol. The number of aryl methyl sites for hydroxylation is 1. The summed E-state index contributed by atoms with van der Waals surface area (Å²) < 4.78 is 5.84. The molecule has 0 aliphatic heterocycles. The van der Waals surface area contributed by atoms with Crippen LogP contribution in [0.1, 0.15) is 37.4 Å². The van der Waals surface area contributed by atoms with E-state index in [-0.39, 0.29) is 0 Å². The van der Waals surface area contributed by atoms with E-state index < -0.39 is 0 Å². The highest BCUT2D eigenvalue weighted by molar-refractivity contribution is 5.25. The number of aromatic nitrogens is 1. The average Bonchev–Trinajstić information content (AvgIpc) is 2.24. The van der Waals surface area contributed by atoms with Gasteiger partial charge in [-0.05, 0) is 44.4 Å². The monoisotopic (exact) mass is 220 g/mol. The molecule has 0 unspecified atom stereocenters. The molecule has 16 heavy (non-hydrogen) atoms. The van der Waals surface area contributed by atoms with E-state index >= 15 is 0 Å². The predicted octanol–water partition coefficient (Wildman–Crippen LogP) is 2.29. The van der Waals surface area contributed by atoms with Gasteiger partial charge < -0.3 is 10.1 Å². The summed E-state index contributed by atoms with van der Waals surface area (Å²) in [5.41, 5.74) is 2.37. The van der Waals surface area contributed by atoms with E-state index in [1.54, 1.807) is 0 Å². The van der Waals surface area contributed by atoms with Crippen molar-refractivity contribution in [1.82, 2.24) is 10.3 Å². The molecule has 1 aromatic heterocycles. The molecule has 1 aliphatic carbocycles. The molecule has 0 aromatic carbocycles. The Labute approximate surface area is 97.2 Å². The first kappa shape index (κ1) is 11.4. The van der Waals surface area contributed by atoms with Crippen molar-refractivity contribution < 1.29 is 4.74 Å². The van der Waals surface area contributed by atoms with Gasteiger partial charge >= 0.3 is 0 Å². The minimum absolute atomic E-state index is 0.405. The molecule has 0 amide bonds. The van der Waals surface area contributed by atoms with Gasteiger partial charge in [0.15, 0.2) is 0 Å². The van der Waals surface area contributed by atoms with Gasteiger partial charge in [0.05, 0.1) is 0 Å². The van der Waals surface area contributed by atoms with Gasteiger partial charge in [0.2, 0.25) is 5.88 Å². The zero-order valence-corrected chi connectivity index (χ0v) is 10.1. The van der Waals surface area contributed by atoms with E-state index in [4.69, 9.17) is 4.74 Å². The Morgan fingerprint density at radius 1 is 1.44 bits per heavy atom. The smallest absolute Gasteiger partial charge is 0.214 e. The molecule has 1 saturated carbocycles. The first-order chi connectivity index (χ1) is 7.81. The van der Waals surface area contributed by atoms with Crippen molar-refractivity contribution in [2.24, 2.45) is 0 Å². The lowest BCUT2D eigenvalue weighted by Gasteiger charge is -2.26. The summed E-state index contributed by atoms with van der Waals surface area (Å²) in [6.45, 7) is 3.00. The van der Waals surface area contributed by atoms with Crippen LogP contribution in [0.25, 0.3) is 0 Å². The van der Waals surface area contributed by atoms with Gasteiger partial charge in [-0.1, -0.05) is 6.92 Å². The van der Waals surface area contributed by atoms with Gasteiger partial charge in [0.1, 0.15) is 6.10 Å². The van der Waals surface area contributed by atoms with Crippen molar-refractivity contribution in [1.29, 1.82) is 0 Å². The highest BCUT2D eigenvalue weighted by Gasteiger charge is 2.19. The van der Waals surface area contributed by atoms with E-state index in [0.29, 0.717) is 6.10 Å². The van der Waals surface area contributed by atoms with Crippen LogP contribution in [-0.2, 0) is 13.0 Å². The second-order valence-corrected chi connectivity index (χ2v) is 4.36. The van der Waals surface area contributed by atoms with Crippen LogP contribution in [0.2, 0.25) is 0 Å². The Balaban J connectivity index is 2.11. The number of hydrogen-bond donors (Lipinski definition) is 1. The van der Waals surface area contributed by atoms with Crippen molar-refractivity contribution in [3.63, 3.8) is 0 Å². The van der Waals surface area contributed by atoms with E-state index in [1.165, 1.54) is 24.8 Å². The van der Waals surface area contributed by atoms with Crippen LogP contribution in [-0.4, -0.2) is 18.1 Å². The van der Waals surface area contributed by atoms with Gasteiger partial charge in [0.25, 0.3) is 0 Å². The van der Waals surface area contributed by atoms with Gasteiger partial charge in [-0.25, -0.2) is 4.98 Å². The molecule has 1 heterocycles. The molecular weight excluding hydrogens is 200 g/mol. The quantitative estimate of drug-likeness (QED) is 0.826. The van der Waals surface area contributed by atoms with Crippen LogP contribution in [0.5, 0.6) is 5.88 Å². The highest BCUT2D eigenvalue weighted by Crippen LogP contribution is 2.24. The van der Waals surface area contributed by atoms with E-state index in [1.807, 2.05) is 13.1 Å². The fourth-order valence-corrected chi connectivity index (χ4v) is 1.83. The van der Waals surface area contributed by atoms with E-state index in [2.05, 4.69) is 23.3 Å². The molecule has 2 rings (SSSR count). The Bertz CT molecular complexity index is 348. The molecule has 1 aromatic rings. The number of rotatable bonds is 5. The lowest BCUT2D eigenvalue weighted by Crippen LogP contribution is -2.25. The molecule has 0 atom stereocenters. The molecule has 0 radical (unpaired) electrons.